The lowest BCUT2D eigenvalue weighted by Crippen LogP contribution is -2.53. The first-order chi connectivity index (χ1) is 21.1. The van der Waals surface area contributed by atoms with Crippen LogP contribution in [0.2, 0.25) is 0 Å². The second kappa shape index (κ2) is 14.7. The van der Waals surface area contributed by atoms with Crippen LogP contribution in [-0.4, -0.2) is 35.8 Å². The maximum atomic E-state index is 13.6. The maximum absolute atomic E-state index is 13.6. The Labute approximate surface area is 258 Å². The zero-order chi connectivity index (χ0) is 31.6. The minimum Gasteiger partial charge on any atom is -0.340 e. The smallest absolute Gasteiger partial charge is 0.340 e. The van der Waals surface area contributed by atoms with Crippen molar-refractivity contribution in [3.8, 4) is 0 Å². The molecule has 0 aromatic heterocycles. The number of hydrogen-bond acceptors (Lipinski definition) is 4. The monoisotopic (exact) mass is 619 g/mol. The topological polar surface area (TPSA) is 87.3 Å². The molecule has 1 atom stereocenters. The molecule has 0 bridgehead atoms. The van der Waals surface area contributed by atoms with Crippen molar-refractivity contribution in [2.45, 2.75) is 30.5 Å². The van der Waals surface area contributed by atoms with Crippen LogP contribution >= 0.6 is 11.8 Å². The Morgan fingerprint density at radius 2 is 1.16 bits per heavy atom. The lowest BCUT2D eigenvalue weighted by molar-refractivity contribution is -0.137. The van der Waals surface area contributed by atoms with E-state index in [9.17, 15) is 27.6 Å². The largest absolute Gasteiger partial charge is 0.416 e. The number of hydrogen-bond donors (Lipinski definition) is 3. The number of benzene rings is 4. The molecule has 228 valence electrons. The number of thioether (sulfide) groups is 1. The van der Waals surface area contributed by atoms with E-state index in [0.29, 0.717) is 5.75 Å². The van der Waals surface area contributed by atoms with Crippen molar-refractivity contribution in [1.29, 1.82) is 0 Å². The molecule has 0 aliphatic rings. The van der Waals surface area contributed by atoms with Crippen LogP contribution < -0.4 is 16.2 Å². The molecule has 4 aromatic rings. The summed E-state index contributed by atoms with van der Waals surface area (Å²) >= 11 is 1.46. The van der Waals surface area contributed by atoms with Gasteiger partial charge in [0.05, 0.1) is 11.0 Å². The van der Waals surface area contributed by atoms with Gasteiger partial charge in [-0.15, -0.1) is 0 Å². The number of carbonyl (C=O) groups excluding carboxylic acids is 3. The number of hydrazine groups is 1. The average molecular weight is 620 g/mol. The quantitative estimate of drug-likeness (QED) is 0.139. The summed E-state index contributed by atoms with van der Waals surface area (Å²) in [6, 6.07) is 31.6. The Balaban J connectivity index is 1.53. The molecular weight excluding hydrogens is 587 g/mol. The predicted molar refractivity (Wildman–Crippen MR) is 166 cm³/mol. The number of nitrogens with one attached hydrogen (secondary N) is 3. The molecule has 3 amide bonds. The minimum atomic E-state index is -4.53. The van der Waals surface area contributed by atoms with Gasteiger partial charge >= 0.3 is 6.18 Å². The third kappa shape index (κ3) is 7.87. The Bertz CT molecular complexity index is 1440. The van der Waals surface area contributed by atoms with Crippen molar-refractivity contribution >= 4 is 29.5 Å². The molecule has 4 rings (SSSR count). The molecule has 0 fully saturated rings. The van der Waals surface area contributed by atoms with E-state index in [1.165, 1.54) is 11.8 Å². The van der Waals surface area contributed by atoms with Gasteiger partial charge in [0.15, 0.2) is 0 Å². The Kier molecular flexibility index (Phi) is 10.8. The van der Waals surface area contributed by atoms with E-state index in [1.54, 1.807) is 0 Å². The predicted octanol–water partition coefficient (Wildman–Crippen LogP) is 6.13. The van der Waals surface area contributed by atoms with E-state index in [-0.39, 0.29) is 18.4 Å². The van der Waals surface area contributed by atoms with Crippen LogP contribution in [0.1, 0.15) is 45.5 Å². The van der Waals surface area contributed by atoms with E-state index in [1.807, 2.05) is 97.3 Å². The van der Waals surface area contributed by atoms with Crippen LogP contribution in [0.5, 0.6) is 0 Å². The number of carbonyl (C=O) groups is 3. The summed E-state index contributed by atoms with van der Waals surface area (Å²) in [6.45, 7) is 0. The zero-order valence-corrected chi connectivity index (χ0v) is 24.8. The van der Waals surface area contributed by atoms with Crippen LogP contribution in [0, 0.1) is 0 Å². The normalized spacial score (nSPS) is 12.2. The first-order valence-electron chi connectivity index (χ1n) is 13.9. The Morgan fingerprint density at radius 1 is 0.682 bits per heavy atom. The van der Waals surface area contributed by atoms with Gasteiger partial charge in [-0.05, 0) is 59.4 Å². The number of halogens is 3. The molecule has 3 N–H and O–H groups in total. The molecule has 44 heavy (non-hydrogen) atoms. The fourth-order valence-corrected chi connectivity index (χ4v) is 5.51. The molecule has 0 aliphatic carbocycles. The van der Waals surface area contributed by atoms with Gasteiger partial charge in [-0.25, -0.2) is 0 Å². The number of amides is 3. The third-order valence-electron chi connectivity index (χ3n) is 7.26. The zero-order valence-electron chi connectivity index (χ0n) is 23.9. The van der Waals surface area contributed by atoms with Crippen LogP contribution in [-0.2, 0) is 21.2 Å². The molecule has 4 aromatic carbocycles. The minimum absolute atomic E-state index is 0.0256. The van der Waals surface area contributed by atoms with Crippen LogP contribution in [0.4, 0.5) is 13.2 Å². The molecule has 1 unspecified atom stereocenters. The maximum Gasteiger partial charge on any atom is 0.416 e. The molecule has 0 saturated heterocycles. The van der Waals surface area contributed by atoms with Gasteiger partial charge in [-0.3, -0.25) is 25.2 Å². The highest BCUT2D eigenvalue weighted by Crippen LogP contribution is 2.42. The molecule has 0 saturated carbocycles. The number of rotatable bonds is 11. The fraction of sp³-hybridized carbons (Fsp3) is 0.206. The third-order valence-corrected chi connectivity index (χ3v) is 7.90. The molecule has 0 aliphatic heterocycles. The highest BCUT2D eigenvalue weighted by atomic mass is 32.2. The molecule has 6 nitrogen and oxygen atoms in total. The van der Waals surface area contributed by atoms with Gasteiger partial charge in [0.2, 0.25) is 5.91 Å². The summed E-state index contributed by atoms with van der Waals surface area (Å²) < 4.78 is 38.8. The van der Waals surface area contributed by atoms with E-state index < -0.39 is 40.9 Å². The van der Waals surface area contributed by atoms with Crippen LogP contribution in [0.15, 0.2) is 115 Å². The molecule has 0 radical (unpaired) electrons. The summed E-state index contributed by atoms with van der Waals surface area (Å²) in [5.74, 6) is -1.31. The summed E-state index contributed by atoms with van der Waals surface area (Å²) in [5, 5.41) is 2.58. The fourth-order valence-electron chi connectivity index (χ4n) is 5.03. The Hall–Kier alpha value is -4.57. The van der Waals surface area contributed by atoms with Crippen molar-refractivity contribution in [3.63, 3.8) is 0 Å². The molecular formula is C34H32F3N3O3S. The van der Waals surface area contributed by atoms with Crippen molar-refractivity contribution in [2.75, 3.05) is 12.0 Å². The van der Waals surface area contributed by atoms with Crippen molar-refractivity contribution in [2.24, 2.45) is 0 Å². The average Bonchev–Trinajstić information content (AvgIpc) is 3.05. The summed E-state index contributed by atoms with van der Waals surface area (Å²) in [4.78, 5) is 39.6. The molecule has 0 heterocycles. The SMILES string of the molecule is CSCCC(NC(=O)c1ccc(C(F)(F)F)cc1)C(=O)NNC(=O)CC(c1ccccc1)(c1ccccc1)c1ccccc1. The van der Waals surface area contributed by atoms with E-state index in [0.717, 1.165) is 41.0 Å². The second-order valence-electron chi connectivity index (χ2n) is 10.1. The highest BCUT2D eigenvalue weighted by Gasteiger charge is 2.38. The van der Waals surface area contributed by atoms with Gasteiger partial charge < -0.3 is 5.32 Å². The van der Waals surface area contributed by atoms with Gasteiger partial charge in [0.1, 0.15) is 6.04 Å². The van der Waals surface area contributed by atoms with Crippen LogP contribution in [0.3, 0.4) is 0 Å². The lowest BCUT2D eigenvalue weighted by Gasteiger charge is -2.35. The first-order valence-corrected chi connectivity index (χ1v) is 15.3. The summed E-state index contributed by atoms with van der Waals surface area (Å²) in [5.41, 5.74) is 5.84. The van der Waals surface area contributed by atoms with Gasteiger partial charge in [-0.2, -0.15) is 24.9 Å². The molecule has 0 spiro atoms. The van der Waals surface area contributed by atoms with E-state index in [4.69, 9.17) is 0 Å². The van der Waals surface area contributed by atoms with E-state index >= 15 is 0 Å². The standard InChI is InChI=1S/C34H32F3N3O3S/c1-44-22-21-29(38-31(42)24-17-19-28(20-18-24)34(35,36)37)32(43)40-39-30(41)23-33(25-11-5-2-6-12-25,26-13-7-3-8-14-26)27-15-9-4-10-16-27/h2-20,29H,21-23H2,1H3,(H,38,42)(H,39,41)(H,40,43). The van der Waals surface area contributed by atoms with E-state index in [2.05, 4.69) is 16.2 Å². The first kappa shape index (κ1) is 32.3. The van der Waals surface area contributed by atoms with Gasteiger partial charge in [0.25, 0.3) is 11.8 Å². The summed E-state index contributed by atoms with van der Waals surface area (Å²) in [6.07, 6.45) is -2.51. The van der Waals surface area contributed by atoms with Gasteiger partial charge in [-0.1, -0.05) is 91.0 Å². The van der Waals surface area contributed by atoms with Crippen molar-refractivity contribution < 1.29 is 27.6 Å². The summed E-state index contributed by atoms with van der Waals surface area (Å²) in [7, 11) is 0. The molecule has 10 heteroatoms. The van der Waals surface area contributed by atoms with Crippen LogP contribution in [0.25, 0.3) is 0 Å². The van der Waals surface area contributed by atoms with Gasteiger partial charge in [0, 0.05) is 12.0 Å². The highest BCUT2D eigenvalue weighted by molar-refractivity contribution is 7.98. The van der Waals surface area contributed by atoms with Crippen molar-refractivity contribution in [1.82, 2.24) is 16.2 Å². The van der Waals surface area contributed by atoms with Crippen molar-refractivity contribution in [3.05, 3.63) is 143 Å². The number of alkyl halides is 3. The Morgan fingerprint density at radius 3 is 1.59 bits per heavy atom. The second-order valence-corrected chi connectivity index (χ2v) is 11.1. The lowest BCUT2D eigenvalue weighted by atomic mass is 9.67.